The van der Waals surface area contributed by atoms with E-state index in [-0.39, 0.29) is 69.9 Å². The largest absolute Gasteiger partial charge is 1.00 e. The molecule has 13 heteroatoms. The van der Waals surface area contributed by atoms with Crippen molar-refractivity contribution in [2.45, 2.75) is 16.7 Å². The number of nitrogens with zero attached hydrogens (tertiary/aromatic N) is 2. The third-order valence-corrected chi connectivity index (χ3v) is 5.63. The van der Waals surface area contributed by atoms with E-state index in [0.717, 1.165) is 29.8 Å². The molecule has 9 nitrogen and oxygen atoms in total. The van der Waals surface area contributed by atoms with Crippen molar-refractivity contribution < 1.29 is 90.2 Å². The molecule has 0 saturated heterocycles. The zero-order valence-corrected chi connectivity index (χ0v) is 21.9. The van der Waals surface area contributed by atoms with Crippen LogP contribution in [-0.2, 0) is 20.2 Å². The third-order valence-electron chi connectivity index (χ3n) is 3.94. The maximum absolute atomic E-state index is 12.5. The van der Waals surface area contributed by atoms with Gasteiger partial charge in [0, 0.05) is 5.39 Å². The molecule has 146 valence electrons. The molecular formula is C17H12N2Na2O7S2. The van der Waals surface area contributed by atoms with E-state index >= 15 is 0 Å². The van der Waals surface area contributed by atoms with Crippen LogP contribution in [0.25, 0.3) is 10.8 Å². The zero-order chi connectivity index (χ0) is 20.7. The maximum Gasteiger partial charge on any atom is 1.00 e. The van der Waals surface area contributed by atoms with Crippen molar-refractivity contribution in [1.29, 1.82) is 0 Å². The Bertz CT molecular complexity index is 1340. The first-order valence-corrected chi connectivity index (χ1v) is 10.5. The van der Waals surface area contributed by atoms with Crippen LogP contribution in [0.5, 0.6) is 5.75 Å². The van der Waals surface area contributed by atoms with Crippen molar-refractivity contribution in [1.82, 2.24) is 0 Å². The SMILES string of the molecule is Cc1ccccc1N=Nc1c([O-])c(S(=O)(=O)O)cc2cc(S(=O)(=O)[O-])ccc12.[Na+].[Na+]. The number of rotatable bonds is 4. The molecule has 0 heterocycles. The van der Waals surface area contributed by atoms with Crippen LogP contribution in [0.2, 0.25) is 0 Å². The number of azo groups is 1. The van der Waals surface area contributed by atoms with Gasteiger partial charge in [-0.15, -0.1) is 0 Å². The Labute approximate surface area is 217 Å². The monoisotopic (exact) mass is 466 g/mol. The molecule has 3 aromatic carbocycles. The van der Waals surface area contributed by atoms with Crippen LogP contribution < -0.4 is 64.2 Å². The van der Waals surface area contributed by atoms with Gasteiger partial charge < -0.3 is 9.66 Å². The van der Waals surface area contributed by atoms with E-state index in [1.54, 1.807) is 31.2 Å². The smallest absolute Gasteiger partial charge is 0.870 e. The van der Waals surface area contributed by atoms with E-state index in [2.05, 4.69) is 10.2 Å². The first-order valence-electron chi connectivity index (χ1n) is 7.67. The minimum Gasteiger partial charge on any atom is -0.870 e. The summed E-state index contributed by atoms with van der Waals surface area (Å²) in [6.45, 7) is 1.75. The van der Waals surface area contributed by atoms with E-state index in [0.29, 0.717) is 5.69 Å². The Hall–Kier alpha value is -0.860. The first kappa shape index (κ1) is 27.2. The Morgan fingerprint density at radius 3 is 2.13 bits per heavy atom. The summed E-state index contributed by atoms with van der Waals surface area (Å²) in [6, 6.07) is 10.7. The molecule has 0 radical (unpaired) electrons. The van der Waals surface area contributed by atoms with Gasteiger partial charge in [-0.25, -0.2) is 8.42 Å². The predicted molar refractivity (Wildman–Crippen MR) is 96.5 cm³/mol. The van der Waals surface area contributed by atoms with Crippen LogP contribution in [0.3, 0.4) is 0 Å². The molecule has 0 amide bonds. The molecule has 0 aromatic heterocycles. The minimum atomic E-state index is -4.93. The van der Waals surface area contributed by atoms with Gasteiger partial charge in [-0.1, -0.05) is 30.0 Å². The number of fused-ring (bicyclic) bond motifs is 1. The fourth-order valence-electron chi connectivity index (χ4n) is 2.55. The van der Waals surface area contributed by atoms with Gasteiger partial charge in [0.25, 0.3) is 10.1 Å². The number of benzene rings is 3. The van der Waals surface area contributed by atoms with Crippen molar-refractivity contribution in [3.05, 3.63) is 54.1 Å². The molecule has 0 aliphatic carbocycles. The summed E-state index contributed by atoms with van der Waals surface area (Å²) < 4.78 is 66.2. The summed E-state index contributed by atoms with van der Waals surface area (Å²) in [5.74, 6) is -1.11. The molecule has 0 bridgehead atoms. The van der Waals surface area contributed by atoms with Crippen LogP contribution in [0.1, 0.15) is 5.56 Å². The van der Waals surface area contributed by atoms with Gasteiger partial charge in [0.05, 0.1) is 21.2 Å². The average molecular weight is 466 g/mol. The second kappa shape index (κ2) is 10.2. The standard InChI is InChI=1S/C17H14N2O7S2.2Na/c1-10-4-2-3-5-14(10)18-19-16-13-7-6-12(27(21,22)23)8-11(13)9-15(17(16)20)28(24,25)26;;/h2-9,20H,1H3,(H,21,22,23)(H,24,25,26);;/q;2*+1/p-2. The van der Waals surface area contributed by atoms with Crippen LogP contribution in [0.4, 0.5) is 11.4 Å². The molecule has 0 aliphatic heterocycles. The maximum atomic E-state index is 12.5. The van der Waals surface area contributed by atoms with E-state index in [9.17, 15) is 31.0 Å². The molecule has 3 rings (SSSR count). The van der Waals surface area contributed by atoms with E-state index in [1.165, 1.54) is 0 Å². The molecule has 0 unspecified atom stereocenters. The van der Waals surface area contributed by atoms with Crippen molar-refractivity contribution >= 4 is 42.4 Å². The van der Waals surface area contributed by atoms with Gasteiger partial charge in [-0.3, -0.25) is 4.55 Å². The molecule has 30 heavy (non-hydrogen) atoms. The van der Waals surface area contributed by atoms with Crippen LogP contribution in [-0.4, -0.2) is 25.9 Å². The summed E-state index contributed by atoms with van der Waals surface area (Å²) in [7, 11) is -9.75. The van der Waals surface area contributed by atoms with Gasteiger partial charge in [-0.2, -0.15) is 18.6 Å². The predicted octanol–water partition coefficient (Wildman–Crippen LogP) is -3.20. The summed E-state index contributed by atoms with van der Waals surface area (Å²) in [4.78, 5) is -1.62. The quantitative estimate of drug-likeness (QED) is 0.241. The Balaban J connectivity index is 0.00000225. The second-order valence-electron chi connectivity index (χ2n) is 5.85. The minimum absolute atomic E-state index is 0. The molecule has 0 saturated carbocycles. The van der Waals surface area contributed by atoms with Crippen molar-refractivity contribution in [2.24, 2.45) is 10.2 Å². The third kappa shape index (κ3) is 5.88. The van der Waals surface area contributed by atoms with Crippen molar-refractivity contribution in [2.75, 3.05) is 0 Å². The van der Waals surface area contributed by atoms with E-state index < -0.39 is 41.5 Å². The molecule has 0 aliphatic rings. The molecule has 1 N–H and O–H groups in total. The van der Waals surface area contributed by atoms with Crippen LogP contribution in [0, 0.1) is 6.92 Å². The topological polar surface area (TPSA) is 159 Å². The van der Waals surface area contributed by atoms with Crippen LogP contribution >= 0.6 is 0 Å². The van der Waals surface area contributed by atoms with Crippen molar-refractivity contribution in [3.63, 3.8) is 0 Å². The Kier molecular flexibility index (Phi) is 9.21. The van der Waals surface area contributed by atoms with Gasteiger partial charge in [0.15, 0.2) is 0 Å². The molecular weight excluding hydrogens is 454 g/mol. The summed E-state index contributed by atoms with van der Waals surface area (Å²) in [5.41, 5.74) is 0.753. The van der Waals surface area contributed by atoms with Gasteiger partial charge >= 0.3 is 59.1 Å². The van der Waals surface area contributed by atoms with Crippen molar-refractivity contribution in [3.8, 4) is 5.75 Å². The fraction of sp³-hybridized carbons (Fsp3) is 0.0588. The second-order valence-corrected chi connectivity index (χ2v) is 8.62. The summed E-state index contributed by atoms with van der Waals surface area (Å²) >= 11 is 0. The molecule has 0 fully saturated rings. The number of hydrogen-bond donors (Lipinski definition) is 1. The van der Waals surface area contributed by atoms with Gasteiger partial charge in [0.2, 0.25) is 0 Å². The van der Waals surface area contributed by atoms with Gasteiger partial charge in [0.1, 0.15) is 10.1 Å². The molecule has 0 atom stereocenters. The number of hydrogen-bond acceptors (Lipinski definition) is 8. The van der Waals surface area contributed by atoms with Gasteiger partial charge in [-0.05, 0) is 42.1 Å². The Morgan fingerprint density at radius 1 is 0.933 bits per heavy atom. The average Bonchev–Trinajstić information content (AvgIpc) is 2.59. The zero-order valence-electron chi connectivity index (χ0n) is 16.2. The molecule has 0 spiro atoms. The van der Waals surface area contributed by atoms with Crippen LogP contribution in [0.15, 0.2) is 68.6 Å². The Morgan fingerprint density at radius 2 is 1.57 bits per heavy atom. The van der Waals surface area contributed by atoms with E-state index in [4.69, 9.17) is 0 Å². The number of aryl methyl sites for hydroxylation is 1. The summed E-state index contributed by atoms with van der Waals surface area (Å²) in [6.07, 6.45) is 0. The fourth-order valence-corrected chi connectivity index (χ4v) is 3.66. The van der Waals surface area contributed by atoms with E-state index in [1.807, 2.05) is 0 Å². The molecule has 3 aromatic rings. The first-order chi connectivity index (χ1) is 13.0. The summed E-state index contributed by atoms with van der Waals surface area (Å²) in [5, 5.41) is 20.3. The normalized spacial score (nSPS) is 11.8.